The predicted octanol–water partition coefficient (Wildman–Crippen LogP) is 3.01. The molecule has 2 unspecified atom stereocenters. The quantitative estimate of drug-likeness (QED) is 0.628. The number of nitrogens with zero attached hydrogens (tertiary/aromatic N) is 1. The molecule has 0 aliphatic carbocycles. The number of rotatable bonds is 9. The highest BCUT2D eigenvalue weighted by atomic mass is 16.5. The summed E-state index contributed by atoms with van der Waals surface area (Å²) in [6.45, 7) is 3.95. The SMILES string of the molecule is CCCCCCCC(C#N)NCC1CCCO1. The van der Waals surface area contributed by atoms with Gasteiger partial charge in [-0.25, -0.2) is 0 Å². The summed E-state index contributed by atoms with van der Waals surface area (Å²) in [6.07, 6.45) is 9.95. The standard InChI is InChI=1S/C14H26N2O/c1-2-3-4-5-6-8-13(11-15)16-12-14-9-7-10-17-14/h13-14,16H,2-10,12H2,1H3. The molecule has 0 aromatic heterocycles. The molecule has 1 heterocycles. The van der Waals surface area contributed by atoms with Crippen LogP contribution in [0.3, 0.4) is 0 Å². The minimum atomic E-state index is 0.0147. The smallest absolute Gasteiger partial charge is 0.0953 e. The van der Waals surface area contributed by atoms with Crippen molar-refractivity contribution in [2.24, 2.45) is 0 Å². The van der Waals surface area contributed by atoms with Crippen molar-refractivity contribution in [2.45, 2.75) is 70.4 Å². The van der Waals surface area contributed by atoms with Gasteiger partial charge in [-0.3, -0.25) is 5.32 Å². The number of hydrogen-bond acceptors (Lipinski definition) is 3. The van der Waals surface area contributed by atoms with Crippen LogP contribution < -0.4 is 5.32 Å². The maximum Gasteiger partial charge on any atom is 0.0953 e. The highest BCUT2D eigenvalue weighted by molar-refractivity contribution is 4.90. The van der Waals surface area contributed by atoms with E-state index >= 15 is 0 Å². The molecule has 1 aliphatic rings. The summed E-state index contributed by atoms with van der Waals surface area (Å²) >= 11 is 0. The fraction of sp³-hybridized carbons (Fsp3) is 0.929. The maximum absolute atomic E-state index is 9.05. The molecule has 0 saturated carbocycles. The van der Waals surface area contributed by atoms with E-state index in [0.717, 1.165) is 32.4 Å². The van der Waals surface area contributed by atoms with E-state index in [9.17, 15) is 0 Å². The first-order valence-corrected chi connectivity index (χ1v) is 7.11. The highest BCUT2D eigenvalue weighted by Crippen LogP contribution is 2.12. The van der Waals surface area contributed by atoms with Crippen molar-refractivity contribution in [3.05, 3.63) is 0 Å². The number of ether oxygens (including phenoxy) is 1. The van der Waals surface area contributed by atoms with Gasteiger partial charge < -0.3 is 4.74 Å². The zero-order chi connectivity index (χ0) is 12.3. The van der Waals surface area contributed by atoms with Gasteiger partial charge in [0.25, 0.3) is 0 Å². The molecule has 0 amide bonds. The fourth-order valence-electron chi connectivity index (χ4n) is 2.24. The van der Waals surface area contributed by atoms with Crippen molar-refractivity contribution in [2.75, 3.05) is 13.2 Å². The molecule has 1 rings (SSSR count). The topological polar surface area (TPSA) is 45.0 Å². The number of nitriles is 1. The molecule has 17 heavy (non-hydrogen) atoms. The Kier molecular flexibility index (Phi) is 8.04. The summed E-state index contributed by atoms with van der Waals surface area (Å²) in [5, 5.41) is 12.4. The molecule has 98 valence electrons. The molecule has 0 spiro atoms. The molecular formula is C14H26N2O. The lowest BCUT2D eigenvalue weighted by Gasteiger charge is -2.14. The fourth-order valence-corrected chi connectivity index (χ4v) is 2.24. The molecule has 1 saturated heterocycles. The average molecular weight is 238 g/mol. The van der Waals surface area contributed by atoms with Gasteiger partial charge in [0.1, 0.15) is 0 Å². The second-order valence-corrected chi connectivity index (χ2v) is 4.93. The van der Waals surface area contributed by atoms with Gasteiger partial charge in [0.15, 0.2) is 0 Å². The molecule has 3 heteroatoms. The number of hydrogen-bond donors (Lipinski definition) is 1. The zero-order valence-electron chi connectivity index (χ0n) is 11.1. The van der Waals surface area contributed by atoms with Crippen LogP contribution in [0.15, 0.2) is 0 Å². The first-order chi connectivity index (χ1) is 8.36. The van der Waals surface area contributed by atoms with Crippen LogP contribution in [-0.4, -0.2) is 25.3 Å². The van der Waals surface area contributed by atoms with Crippen molar-refractivity contribution in [1.29, 1.82) is 5.26 Å². The Morgan fingerprint density at radius 3 is 2.82 bits per heavy atom. The van der Waals surface area contributed by atoms with E-state index < -0.39 is 0 Å². The van der Waals surface area contributed by atoms with Gasteiger partial charge in [-0.2, -0.15) is 5.26 Å². The Bertz CT molecular complexity index is 219. The summed E-state index contributed by atoms with van der Waals surface area (Å²) in [6, 6.07) is 2.36. The van der Waals surface area contributed by atoms with E-state index in [4.69, 9.17) is 10.00 Å². The number of unbranched alkanes of at least 4 members (excludes halogenated alkanes) is 4. The van der Waals surface area contributed by atoms with Gasteiger partial charge in [0, 0.05) is 13.2 Å². The molecule has 0 aromatic carbocycles. The molecule has 3 nitrogen and oxygen atoms in total. The monoisotopic (exact) mass is 238 g/mol. The molecule has 1 aliphatic heterocycles. The van der Waals surface area contributed by atoms with Gasteiger partial charge in [-0.1, -0.05) is 39.0 Å². The van der Waals surface area contributed by atoms with Crippen LogP contribution in [0.4, 0.5) is 0 Å². The normalized spacial score (nSPS) is 21.3. The molecule has 0 radical (unpaired) electrons. The van der Waals surface area contributed by atoms with Gasteiger partial charge in [-0.05, 0) is 19.3 Å². The van der Waals surface area contributed by atoms with Crippen molar-refractivity contribution >= 4 is 0 Å². The highest BCUT2D eigenvalue weighted by Gasteiger charge is 2.16. The molecule has 1 N–H and O–H groups in total. The largest absolute Gasteiger partial charge is 0.377 e. The third kappa shape index (κ3) is 6.65. The lowest BCUT2D eigenvalue weighted by Crippen LogP contribution is -2.34. The lowest BCUT2D eigenvalue weighted by molar-refractivity contribution is 0.108. The first-order valence-electron chi connectivity index (χ1n) is 7.11. The van der Waals surface area contributed by atoms with E-state index in [2.05, 4.69) is 18.3 Å². The number of nitrogens with one attached hydrogen (secondary N) is 1. The predicted molar refractivity (Wildman–Crippen MR) is 69.8 cm³/mol. The first kappa shape index (κ1) is 14.5. The van der Waals surface area contributed by atoms with Crippen LogP contribution >= 0.6 is 0 Å². The van der Waals surface area contributed by atoms with E-state index in [0.29, 0.717) is 6.10 Å². The zero-order valence-corrected chi connectivity index (χ0v) is 11.1. The van der Waals surface area contributed by atoms with Gasteiger partial charge in [-0.15, -0.1) is 0 Å². The minimum absolute atomic E-state index is 0.0147. The summed E-state index contributed by atoms with van der Waals surface area (Å²) < 4.78 is 5.53. The van der Waals surface area contributed by atoms with Crippen molar-refractivity contribution in [3.63, 3.8) is 0 Å². The van der Waals surface area contributed by atoms with E-state index in [1.54, 1.807) is 0 Å². The second-order valence-electron chi connectivity index (χ2n) is 4.93. The molecule has 1 fully saturated rings. The Labute approximate surface area is 106 Å². The van der Waals surface area contributed by atoms with Gasteiger partial charge in [0.2, 0.25) is 0 Å². The van der Waals surface area contributed by atoms with E-state index in [1.165, 1.54) is 32.1 Å². The van der Waals surface area contributed by atoms with Gasteiger partial charge in [0.05, 0.1) is 18.2 Å². The molecule has 0 bridgehead atoms. The summed E-state index contributed by atoms with van der Waals surface area (Å²) in [7, 11) is 0. The van der Waals surface area contributed by atoms with E-state index in [-0.39, 0.29) is 6.04 Å². The lowest BCUT2D eigenvalue weighted by atomic mass is 10.1. The van der Waals surface area contributed by atoms with Crippen LogP contribution in [0.5, 0.6) is 0 Å². The van der Waals surface area contributed by atoms with Crippen molar-refractivity contribution in [1.82, 2.24) is 5.32 Å². The van der Waals surface area contributed by atoms with Crippen LogP contribution in [0.1, 0.15) is 58.3 Å². The molecular weight excluding hydrogens is 212 g/mol. The maximum atomic E-state index is 9.05. The minimum Gasteiger partial charge on any atom is -0.377 e. The van der Waals surface area contributed by atoms with Crippen molar-refractivity contribution in [3.8, 4) is 6.07 Å². The Morgan fingerprint density at radius 1 is 1.35 bits per heavy atom. The molecule has 0 aromatic rings. The Hall–Kier alpha value is -0.590. The van der Waals surface area contributed by atoms with Crippen LogP contribution in [0.2, 0.25) is 0 Å². The van der Waals surface area contributed by atoms with Gasteiger partial charge >= 0.3 is 0 Å². The van der Waals surface area contributed by atoms with Crippen molar-refractivity contribution < 1.29 is 4.74 Å². The average Bonchev–Trinajstić information content (AvgIpc) is 2.86. The second kappa shape index (κ2) is 9.44. The Balaban J connectivity index is 2.01. The van der Waals surface area contributed by atoms with Crippen LogP contribution in [0.25, 0.3) is 0 Å². The third-order valence-corrected chi connectivity index (χ3v) is 3.37. The Morgan fingerprint density at radius 2 is 2.18 bits per heavy atom. The van der Waals surface area contributed by atoms with E-state index in [1.807, 2.05) is 0 Å². The summed E-state index contributed by atoms with van der Waals surface area (Å²) in [4.78, 5) is 0. The van der Waals surface area contributed by atoms with Crippen LogP contribution in [-0.2, 0) is 4.74 Å². The molecule has 2 atom stereocenters. The summed E-state index contributed by atoms with van der Waals surface area (Å²) in [5.41, 5.74) is 0. The van der Waals surface area contributed by atoms with Crippen LogP contribution in [0, 0.1) is 11.3 Å². The third-order valence-electron chi connectivity index (χ3n) is 3.37. The summed E-state index contributed by atoms with van der Waals surface area (Å²) in [5.74, 6) is 0.